The van der Waals surface area contributed by atoms with Crippen molar-refractivity contribution >= 4 is 22.5 Å². The molecule has 0 aliphatic carbocycles. The first-order chi connectivity index (χ1) is 11.2. The number of amides is 1. The number of anilines is 1. The second-order valence-electron chi connectivity index (χ2n) is 5.67. The second kappa shape index (κ2) is 5.35. The summed E-state index contributed by atoms with van der Waals surface area (Å²) in [5, 5.41) is 4.02. The van der Waals surface area contributed by atoms with Gasteiger partial charge in [-0.15, -0.1) is 0 Å². The van der Waals surface area contributed by atoms with Crippen LogP contribution >= 0.6 is 0 Å². The summed E-state index contributed by atoms with van der Waals surface area (Å²) >= 11 is 0. The standard InChI is InChI=1S/C18H16N2O3/c1-11-6-13-9-14(3-4-15(13)19-11)20-18(21)8-12-2-5-16-17(7-12)23-10-22-16/h2-7,9,19H,8,10H2,1H3,(H,20,21). The lowest BCUT2D eigenvalue weighted by Gasteiger charge is -2.06. The Balaban J connectivity index is 1.48. The molecule has 0 radical (unpaired) electrons. The summed E-state index contributed by atoms with van der Waals surface area (Å²) in [6.07, 6.45) is 0.293. The molecule has 4 rings (SSSR count). The molecule has 116 valence electrons. The number of hydrogen-bond donors (Lipinski definition) is 2. The third-order valence-corrected chi connectivity index (χ3v) is 3.84. The van der Waals surface area contributed by atoms with Gasteiger partial charge in [0.2, 0.25) is 12.7 Å². The minimum absolute atomic E-state index is 0.0597. The minimum Gasteiger partial charge on any atom is -0.454 e. The lowest BCUT2D eigenvalue weighted by molar-refractivity contribution is -0.115. The van der Waals surface area contributed by atoms with Crippen molar-refractivity contribution in [1.29, 1.82) is 0 Å². The van der Waals surface area contributed by atoms with E-state index in [1.165, 1.54) is 0 Å². The molecular weight excluding hydrogens is 292 g/mol. The van der Waals surface area contributed by atoms with E-state index in [1.54, 1.807) is 0 Å². The molecule has 0 saturated carbocycles. The molecule has 0 spiro atoms. The molecule has 3 aromatic rings. The minimum atomic E-state index is -0.0597. The van der Waals surface area contributed by atoms with Crippen LogP contribution in [-0.4, -0.2) is 17.7 Å². The third-order valence-electron chi connectivity index (χ3n) is 3.84. The number of H-pyrrole nitrogens is 1. The molecule has 0 unspecified atom stereocenters. The highest BCUT2D eigenvalue weighted by Gasteiger charge is 2.14. The van der Waals surface area contributed by atoms with Gasteiger partial charge < -0.3 is 19.8 Å². The van der Waals surface area contributed by atoms with Crippen molar-refractivity contribution in [3.05, 3.63) is 53.7 Å². The van der Waals surface area contributed by atoms with Crippen LogP contribution in [0, 0.1) is 6.92 Å². The van der Waals surface area contributed by atoms with Gasteiger partial charge in [-0.25, -0.2) is 0 Å². The molecule has 1 aliphatic heterocycles. The van der Waals surface area contributed by atoms with E-state index in [2.05, 4.69) is 16.4 Å². The molecule has 1 amide bonds. The summed E-state index contributed by atoms with van der Waals surface area (Å²) in [4.78, 5) is 15.5. The number of rotatable bonds is 3. The van der Waals surface area contributed by atoms with Crippen molar-refractivity contribution in [2.75, 3.05) is 12.1 Å². The Labute approximate surface area is 133 Å². The van der Waals surface area contributed by atoms with Crippen LogP contribution in [0.15, 0.2) is 42.5 Å². The molecule has 0 fully saturated rings. The number of carbonyl (C=O) groups is 1. The molecule has 1 aliphatic rings. The first kappa shape index (κ1) is 13.7. The van der Waals surface area contributed by atoms with Gasteiger partial charge in [-0.2, -0.15) is 0 Å². The summed E-state index contributed by atoms with van der Waals surface area (Å²) in [5.41, 5.74) is 3.85. The van der Waals surface area contributed by atoms with Crippen molar-refractivity contribution in [1.82, 2.24) is 4.98 Å². The van der Waals surface area contributed by atoms with Crippen LogP contribution < -0.4 is 14.8 Å². The third kappa shape index (κ3) is 2.73. The molecule has 2 heterocycles. The summed E-state index contributed by atoms with van der Waals surface area (Å²) in [7, 11) is 0. The van der Waals surface area contributed by atoms with Crippen LogP contribution in [0.3, 0.4) is 0 Å². The molecule has 2 aromatic carbocycles. The van der Waals surface area contributed by atoms with Crippen LogP contribution in [0.2, 0.25) is 0 Å². The van der Waals surface area contributed by atoms with E-state index in [0.717, 1.165) is 33.6 Å². The topological polar surface area (TPSA) is 63.4 Å². The van der Waals surface area contributed by atoms with E-state index in [-0.39, 0.29) is 12.7 Å². The Morgan fingerprint density at radius 1 is 1.13 bits per heavy atom. The molecule has 0 saturated heterocycles. The van der Waals surface area contributed by atoms with Crippen molar-refractivity contribution in [2.24, 2.45) is 0 Å². The van der Waals surface area contributed by atoms with Gasteiger partial charge in [0.25, 0.3) is 0 Å². The summed E-state index contributed by atoms with van der Waals surface area (Å²) < 4.78 is 10.6. The number of benzene rings is 2. The van der Waals surface area contributed by atoms with Crippen molar-refractivity contribution in [2.45, 2.75) is 13.3 Å². The lowest BCUT2D eigenvalue weighted by Crippen LogP contribution is -2.14. The maximum Gasteiger partial charge on any atom is 0.231 e. The van der Waals surface area contributed by atoms with Gasteiger partial charge >= 0.3 is 0 Å². The number of ether oxygens (including phenoxy) is 2. The van der Waals surface area contributed by atoms with E-state index in [4.69, 9.17) is 9.47 Å². The number of nitrogens with one attached hydrogen (secondary N) is 2. The fourth-order valence-electron chi connectivity index (χ4n) is 2.80. The molecule has 5 heteroatoms. The monoisotopic (exact) mass is 308 g/mol. The summed E-state index contributed by atoms with van der Waals surface area (Å²) in [6, 6.07) is 13.5. The van der Waals surface area contributed by atoms with Crippen molar-refractivity contribution < 1.29 is 14.3 Å². The fraction of sp³-hybridized carbons (Fsp3) is 0.167. The van der Waals surface area contributed by atoms with Crippen LogP contribution in [0.1, 0.15) is 11.3 Å². The van der Waals surface area contributed by atoms with Crippen LogP contribution in [-0.2, 0) is 11.2 Å². The van der Waals surface area contributed by atoms with Gasteiger partial charge in [0, 0.05) is 22.3 Å². The second-order valence-corrected chi connectivity index (χ2v) is 5.67. The Bertz CT molecular complexity index is 898. The Morgan fingerprint density at radius 2 is 2.00 bits per heavy atom. The number of aromatic amines is 1. The van der Waals surface area contributed by atoms with Crippen molar-refractivity contribution in [3.63, 3.8) is 0 Å². The number of carbonyl (C=O) groups excluding carboxylic acids is 1. The Morgan fingerprint density at radius 3 is 2.91 bits per heavy atom. The highest BCUT2D eigenvalue weighted by atomic mass is 16.7. The normalized spacial score (nSPS) is 12.6. The highest BCUT2D eigenvalue weighted by molar-refractivity contribution is 5.95. The van der Waals surface area contributed by atoms with E-state index in [0.29, 0.717) is 12.2 Å². The van der Waals surface area contributed by atoms with Gasteiger partial charge in [0.05, 0.1) is 6.42 Å². The molecule has 23 heavy (non-hydrogen) atoms. The fourth-order valence-corrected chi connectivity index (χ4v) is 2.80. The Kier molecular flexibility index (Phi) is 3.19. The largest absolute Gasteiger partial charge is 0.454 e. The average molecular weight is 308 g/mol. The van der Waals surface area contributed by atoms with Gasteiger partial charge in [0.15, 0.2) is 11.5 Å². The molecule has 0 bridgehead atoms. The maximum absolute atomic E-state index is 12.2. The van der Waals surface area contributed by atoms with Gasteiger partial charge in [-0.05, 0) is 48.9 Å². The molecular formula is C18H16N2O3. The predicted molar refractivity (Wildman–Crippen MR) is 87.9 cm³/mol. The van der Waals surface area contributed by atoms with Gasteiger partial charge in [0.1, 0.15) is 0 Å². The number of fused-ring (bicyclic) bond motifs is 2. The van der Waals surface area contributed by atoms with E-state index in [9.17, 15) is 4.79 Å². The quantitative estimate of drug-likeness (QED) is 0.779. The van der Waals surface area contributed by atoms with Gasteiger partial charge in [-0.1, -0.05) is 6.07 Å². The predicted octanol–water partition coefficient (Wildman–Crippen LogP) is 3.39. The maximum atomic E-state index is 12.2. The first-order valence-electron chi connectivity index (χ1n) is 7.45. The number of aryl methyl sites for hydroxylation is 1. The number of aromatic nitrogens is 1. The van der Waals surface area contributed by atoms with E-state index < -0.39 is 0 Å². The van der Waals surface area contributed by atoms with E-state index in [1.807, 2.05) is 43.3 Å². The zero-order valence-electron chi connectivity index (χ0n) is 12.7. The molecule has 1 aromatic heterocycles. The zero-order valence-corrected chi connectivity index (χ0v) is 12.7. The smallest absolute Gasteiger partial charge is 0.231 e. The zero-order chi connectivity index (χ0) is 15.8. The average Bonchev–Trinajstić information content (AvgIpc) is 3.11. The summed E-state index contributed by atoms with van der Waals surface area (Å²) in [5.74, 6) is 1.36. The number of hydrogen-bond acceptors (Lipinski definition) is 3. The lowest BCUT2D eigenvalue weighted by atomic mass is 10.1. The summed E-state index contributed by atoms with van der Waals surface area (Å²) in [6.45, 7) is 2.25. The highest BCUT2D eigenvalue weighted by Crippen LogP contribution is 2.32. The SMILES string of the molecule is Cc1cc2cc(NC(=O)Cc3ccc4c(c3)OCO4)ccc2[nH]1. The Hall–Kier alpha value is -2.95. The van der Waals surface area contributed by atoms with Crippen LogP contribution in [0.5, 0.6) is 11.5 Å². The van der Waals surface area contributed by atoms with E-state index >= 15 is 0 Å². The van der Waals surface area contributed by atoms with Gasteiger partial charge in [-0.3, -0.25) is 4.79 Å². The molecule has 2 N–H and O–H groups in total. The molecule has 0 atom stereocenters. The molecule has 5 nitrogen and oxygen atoms in total. The van der Waals surface area contributed by atoms with Crippen LogP contribution in [0.25, 0.3) is 10.9 Å². The first-order valence-corrected chi connectivity index (χ1v) is 7.45. The van der Waals surface area contributed by atoms with Crippen LogP contribution in [0.4, 0.5) is 5.69 Å². The van der Waals surface area contributed by atoms with Crippen molar-refractivity contribution in [3.8, 4) is 11.5 Å².